The maximum Gasteiger partial charge on any atom is 0.338 e. The van der Waals surface area contributed by atoms with Crippen molar-refractivity contribution >= 4 is 11.9 Å². The van der Waals surface area contributed by atoms with Crippen molar-refractivity contribution in [2.45, 2.75) is 38.1 Å². The summed E-state index contributed by atoms with van der Waals surface area (Å²) in [5, 5.41) is 9.19. The molecule has 1 N–H and O–H groups in total. The van der Waals surface area contributed by atoms with Crippen LogP contribution in [0.3, 0.4) is 0 Å². The molecule has 1 amide bonds. The molecule has 0 spiro atoms. The minimum absolute atomic E-state index is 0.00220. The first-order valence-corrected chi connectivity index (χ1v) is 7.18. The molecule has 0 radical (unpaired) electrons. The first-order valence-electron chi connectivity index (χ1n) is 7.18. The topological polar surface area (TPSA) is 70.5 Å². The van der Waals surface area contributed by atoms with Crippen LogP contribution in [0, 0.1) is 5.92 Å². The van der Waals surface area contributed by atoms with Gasteiger partial charge in [0.25, 0.3) is 5.91 Å². The molecule has 0 aromatic carbocycles. The van der Waals surface area contributed by atoms with Gasteiger partial charge in [0.1, 0.15) is 5.69 Å². The summed E-state index contributed by atoms with van der Waals surface area (Å²) in [7, 11) is 0. The summed E-state index contributed by atoms with van der Waals surface area (Å²) >= 11 is 0. The van der Waals surface area contributed by atoms with Crippen LogP contribution in [-0.2, 0) is 0 Å². The van der Waals surface area contributed by atoms with Gasteiger partial charge in [-0.2, -0.15) is 0 Å². The summed E-state index contributed by atoms with van der Waals surface area (Å²) < 4.78 is 0. The number of carboxylic acid groups (broad SMARTS) is 1. The van der Waals surface area contributed by atoms with Gasteiger partial charge in [-0.05, 0) is 43.7 Å². The number of nitrogens with zero attached hydrogens (tertiary/aromatic N) is 2. The Kier molecular flexibility index (Phi) is 3.42. The van der Waals surface area contributed by atoms with Gasteiger partial charge in [0, 0.05) is 18.8 Å². The Labute approximate surface area is 117 Å². The number of carbonyl (C=O) groups excluding carboxylic acids is 1. The van der Waals surface area contributed by atoms with Crippen molar-refractivity contribution in [2.24, 2.45) is 5.92 Å². The van der Waals surface area contributed by atoms with Crippen LogP contribution in [-0.4, -0.2) is 39.5 Å². The predicted octanol–water partition coefficient (Wildman–Crippen LogP) is 2.18. The zero-order valence-corrected chi connectivity index (χ0v) is 11.3. The molecule has 5 nitrogen and oxygen atoms in total. The summed E-state index contributed by atoms with van der Waals surface area (Å²) in [4.78, 5) is 29.8. The molecular weight excluding hydrogens is 256 g/mol. The van der Waals surface area contributed by atoms with Crippen molar-refractivity contribution in [3.8, 4) is 0 Å². The molecule has 2 unspecified atom stereocenters. The van der Waals surface area contributed by atoms with Crippen molar-refractivity contribution in [2.75, 3.05) is 6.54 Å². The molecule has 5 heteroatoms. The SMILES string of the molecule is O=C(O)c1cccnc1C(=O)N1CCCC2CCCC21. The zero-order chi connectivity index (χ0) is 14.1. The number of aromatic nitrogens is 1. The van der Waals surface area contributed by atoms with Crippen molar-refractivity contribution in [3.63, 3.8) is 0 Å². The first-order chi connectivity index (χ1) is 9.68. The molecule has 1 aliphatic heterocycles. The van der Waals surface area contributed by atoms with Crippen LogP contribution < -0.4 is 0 Å². The van der Waals surface area contributed by atoms with Crippen LogP contribution in [0.25, 0.3) is 0 Å². The number of pyridine rings is 1. The third-order valence-corrected chi connectivity index (χ3v) is 4.49. The molecule has 1 aliphatic carbocycles. The van der Waals surface area contributed by atoms with Gasteiger partial charge in [-0.1, -0.05) is 6.42 Å². The lowest BCUT2D eigenvalue weighted by Crippen LogP contribution is -2.46. The van der Waals surface area contributed by atoms with E-state index < -0.39 is 5.97 Å². The van der Waals surface area contributed by atoms with Gasteiger partial charge >= 0.3 is 5.97 Å². The second kappa shape index (κ2) is 5.23. The number of aromatic carboxylic acids is 1. The van der Waals surface area contributed by atoms with Gasteiger partial charge in [-0.25, -0.2) is 4.79 Å². The number of amides is 1. The number of likely N-dealkylation sites (tertiary alicyclic amines) is 1. The smallest absolute Gasteiger partial charge is 0.338 e. The molecule has 0 bridgehead atoms. The zero-order valence-electron chi connectivity index (χ0n) is 11.3. The summed E-state index contributed by atoms with van der Waals surface area (Å²) in [6.07, 6.45) is 7.04. The van der Waals surface area contributed by atoms with Crippen molar-refractivity contribution in [3.05, 3.63) is 29.6 Å². The Balaban J connectivity index is 1.90. The van der Waals surface area contributed by atoms with Gasteiger partial charge in [-0.3, -0.25) is 9.78 Å². The minimum Gasteiger partial charge on any atom is -0.478 e. The number of carbonyl (C=O) groups is 2. The van der Waals surface area contributed by atoms with Crippen LogP contribution in [0.1, 0.15) is 53.0 Å². The molecule has 1 aromatic heterocycles. The number of rotatable bonds is 2. The molecule has 1 aromatic rings. The Morgan fingerprint density at radius 2 is 2.05 bits per heavy atom. The number of hydrogen-bond donors (Lipinski definition) is 1. The lowest BCUT2D eigenvalue weighted by Gasteiger charge is -2.37. The average Bonchev–Trinajstić information content (AvgIpc) is 2.94. The van der Waals surface area contributed by atoms with Crippen LogP contribution in [0.5, 0.6) is 0 Å². The summed E-state index contributed by atoms with van der Waals surface area (Å²) in [6, 6.07) is 3.27. The Morgan fingerprint density at radius 3 is 2.85 bits per heavy atom. The van der Waals surface area contributed by atoms with Crippen molar-refractivity contribution in [1.82, 2.24) is 9.88 Å². The van der Waals surface area contributed by atoms with E-state index in [9.17, 15) is 14.7 Å². The number of hydrogen-bond acceptors (Lipinski definition) is 3. The highest BCUT2D eigenvalue weighted by Gasteiger charge is 2.38. The Morgan fingerprint density at radius 1 is 1.25 bits per heavy atom. The van der Waals surface area contributed by atoms with Gasteiger partial charge < -0.3 is 10.0 Å². The first kappa shape index (κ1) is 13.1. The molecule has 2 fully saturated rings. The normalized spacial score (nSPS) is 25.3. The average molecular weight is 274 g/mol. The molecule has 3 rings (SSSR count). The second-order valence-electron chi connectivity index (χ2n) is 5.60. The minimum atomic E-state index is -1.10. The van der Waals surface area contributed by atoms with E-state index >= 15 is 0 Å². The maximum atomic E-state index is 12.7. The molecular formula is C15H18N2O3. The van der Waals surface area contributed by atoms with E-state index in [1.54, 1.807) is 6.07 Å². The molecule has 2 aliphatic rings. The van der Waals surface area contributed by atoms with E-state index in [2.05, 4.69) is 4.98 Å². The van der Waals surface area contributed by atoms with E-state index in [1.165, 1.54) is 25.1 Å². The highest BCUT2D eigenvalue weighted by atomic mass is 16.4. The standard InChI is InChI=1S/C15H18N2O3/c18-14(13-11(15(19)20)6-2-8-16-13)17-9-3-5-10-4-1-7-12(10)17/h2,6,8,10,12H,1,3-5,7,9H2,(H,19,20). The van der Waals surface area contributed by atoms with Gasteiger partial charge in [0.2, 0.25) is 0 Å². The van der Waals surface area contributed by atoms with E-state index in [-0.39, 0.29) is 23.2 Å². The van der Waals surface area contributed by atoms with E-state index in [4.69, 9.17) is 0 Å². The fourth-order valence-electron chi connectivity index (χ4n) is 3.59. The quantitative estimate of drug-likeness (QED) is 0.897. The molecule has 20 heavy (non-hydrogen) atoms. The van der Waals surface area contributed by atoms with E-state index in [1.807, 2.05) is 4.90 Å². The predicted molar refractivity (Wildman–Crippen MR) is 72.6 cm³/mol. The number of carboxylic acids is 1. The van der Waals surface area contributed by atoms with Crippen LogP contribution in [0.15, 0.2) is 18.3 Å². The Hall–Kier alpha value is -1.91. The number of fused-ring (bicyclic) bond motifs is 1. The summed E-state index contributed by atoms with van der Waals surface area (Å²) in [5.74, 6) is -0.731. The van der Waals surface area contributed by atoms with Crippen molar-refractivity contribution in [1.29, 1.82) is 0 Å². The largest absolute Gasteiger partial charge is 0.478 e. The molecule has 1 saturated carbocycles. The monoisotopic (exact) mass is 274 g/mol. The van der Waals surface area contributed by atoms with Crippen molar-refractivity contribution < 1.29 is 14.7 Å². The molecule has 106 valence electrons. The van der Waals surface area contributed by atoms with Gasteiger partial charge in [0.15, 0.2) is 0 Å². The number of piperidine rings is 1. The fraction of sp³-hybridized carbons (Fsp3) is 0.533. The molecule has 2 atom stereocenters. The highest BCUT2D eigenvalue weighted by molar-refractivity contribution is 6.03. The highest BCUT2D eigenvalue weighted by Crippen LogP contribution is 2.37. The third kappa shape index (κ3) is 2.17. The lowest BCUT2D eigenvalue weighted by atomic mass is 9.91. The lowest BCUT2D eigenvalue weighted by molar-refractivity contribution is 0.0531. The maximum absolute atomic E-state index is 12.7. The van der Waals surface area contributed by atoms with Crippen LogP contribution in [0.2, 0.25) is 0 Å². The summed E-state index contributed by atoms with van der Waals surface area (Å²) in [5.41, 5.74) is 0.0742. The molecule has 1 saturated heterocycles. The van der Waals surface area contributed by atoms with Crippen LogP contribution in [0.4, 0.5) is 0 Å². The second-order valence-corrected chi connectivity index (χ2v) is 5.60. The molecule has 2 heterocycles. The van der Waals surface area contributed by atoms with Gasteiger partial charge in [-0.15, -0.1) is 0 Å². The Bertz CT molecular complexity index is 544. The summed E-state index contributed by atoms with van der Waals surface area (Å²) in [6.45, 7) is 0.718. The van der Waals surface area contributed by atoms with E-state index in [0.717, 1.165) is 25.8 Å². The fourth-order valence-corrected chi connectivity index (χ4v) is 3.59. The third-order valence-electron chi connectivity index (χ3n) is 4.49. The van der Waals surface area contributed by atoms with Gasteiger partial charge in [0.05, 0.1) is 5.56 Å². The van der Waals surface area contributed by atoms with Crippen LogP contribution >= 0.6 is 0 Å². The van der Waals surface area contributed by atoms with E-state index in [0.29, 0.717) is 5.92 Å².